The summed E-state index contributed by atoms with van der Waals surface area (Å²) in [5.74, 6) is 0.278. The van der Waals surface area contributed by atoms with Gasteiger partial charge in [-0.2, -0.15) is 0 Å². The van der Waals surface area contributed by atoms with Crippen molar-refractivity contribution in [3.8, 4) is 0 Å². The highest BCUT2D eigenvalue weighted by atomic mass is 32.2. The fourth-order valence-electron chi connectivity index (χ4n) is 10.7. The van der Waals surface area contributed by atoms with Gasteiger partial charge in [0.1, 0.15) is 0 Å². The van der Waals surface area contributed by atoms with Crippen molar-refractivity contribution in [2.24, 2.45) is 10.8 Å². The maximum Gasteiger partial charge on any atom is 0.337 e. The third-order valence-electron chi connectivity index (χ3n) is 13.8. The molecule has 0 bridgehead atoms. The highest BCUT2D eigenvalue weighted by molar-refractivity contribution is 7.91. The summed E-state index contributed by atoms with van der Waals surface area (Å²) in [6.45, 7) is 22.5. The Morgan fingerprint density at radius 1 is 0.839 bits per heavy atom. The molecule has 6 rings (SSSR count). The van der Waals surface area contributed by atoms with Crippen LogP contribution in [0.15, 0.2) is 72.3 Å². The molecule has 2 fully saturated rings. The molecule has 8 nitrogen and oxygen atoms in total. The van der Waals surface area contributed by atoms with Crippen molar-refractivity contribution in [1.82, 2.24) is 19.6 Å². The second-order valence-corrected chi connectivity index (χ2v) is 20.4. The summed E-state index contributed by atoms with van der Waals surface area (Å²) < 4.78 is 29.3. The molecule has 2 aromatic rings. The summed E-state index contributed by atoms with van der Waals surface area (Å²) in [6.07, 6.45) is 13.1. The molecule has 2 aliphatic carbocycles. The monoisotopic (exact) mass is 787 g/mol. The average Bonchev–Trinajstić information content (AvgIpc) is 3.19. The van der Waals surface area contributed by atoms with Crippen LogP contribution in [0.3, 0.4) is 0 Å². The Morgan fingerprint density at radius 2 is 1.48 bits per heavy atom. The lowest BCUT2D eigenvalue weighted by molar-refractivity contribution is 0.0600. The number of esters is 1. The molecule has 56 heavy (non-hydrogen) atoms. The smallest absolute Gasteiger partial charge is 0.337 e. The van der Waals surface area contributed by atoms with Gasteiger partial charge in [0.05, 0.1) is 24.2 Å². The summed E-state index contributed by atoms with van der Waals surface area (Å²) >= 11 is 0. The number of hydrogen-bond donors (Lipinski definition) is 0. The predicted molar refractivity (Wildman–Crippen MR) is 231 cm³/mol. The fraction of sp³-hybridized carbons (Fsp3) is 0.638. The standard InChI is InChI=1S/C47H70N4O4S/c1-7-25-48(26-8-2)28-30-50(31-29-49-32-34-56(53,54)35-33-49)37-47(40-12-10-9-11-13-40)23-18-41(19-24-47)51-27-21-43-45(3,4)42(20-22-46(43,5)36-51)38-14-16-39(17-15-38)44(52)55-6/h9-17,20-21,41H,7-8,18-19,22-37H2,1-6H3/t41?,46-,47?/m1/s1. The molecule has 0 radical (unpaired) electrons. The first-order chi connectivity index (χ1) is 26.8. The number of hydrogen-bond acceptors (Lipinski definition) is 8. The summed E-state index contributed by atoms with van der Waals surface area (Å²) in [5, 5.41) is 0. The van der Waals surface area contributed by atoms with Gasteiger partial charge in [0.25, 0.3) is 0 Å². The van der Waals surface area contributed by atoms with Crippen LogP contribution < -0.4 is 0 Å². The van der Waals surface area contributed by atoms with E-state index in [0.29, 0.717) is 24.7 Å². The molecule has 4 aliphatic rings. The van der Waals surface area contributed by atoms with Crippen LogP contribution in [0.25, 0.3) is 5.57 Å². The van der Waals surface area contributed by atoms with E-state index in [1.165, 1.54) is 62.3 Å². The third kappa shape index (κ3) is 9.89. The van der Waals surface area contributed by atoms with Crippen molar-refractivity contribution in [3.05, 3.63) is 89.0 Å². The Bertz CT molecular complexity index is 1760. The Labute approximate surface area is 339 Å². The molecule has 308 valence electrons. The van der Waals surface area contributed by atoms with Gasteiger partial charge in [-0.15, -0.1) is 0 Å². The van der Waals surface area contributed by atoms with Crippen LogP contribution in [0.2, 0.25) is 0 Å². The van der Waals surface area contributed by atoms with Crippen molar-refractivity contribution >= 4 is 21.4 Å². The molecule has 9 heteroatoms. The largest absolute Gasteiger partial charge is 0.465 e. The molecule has 2 heterocycles. The van der Waals surface area contributed by atoms with Gasteiger partial charge < -0.3 is 14.5 Å². The quantitative estimate of drug-likeness (QED) is 0.128. The van der Waals surface area contributed by atoms with Gasteiger partial charge in [-0.05, 0) is 86.9 Å². The van der Waals surface area contributed by atoms with E-state index in [1.807, 2.05) is 12.1 Å². The van der Waals surface area contributed by atoms with E-state index >= 15 is 0 Å². The zero-order valence-corrected chi connectivity index (χ0v) is 36.2. The lowest BCUT2D eigenvalue weighted by Gasteiger charge is -2.53. The van der Waals surface area contributed by atoms with Crippen LogP contribution in [0.5, 0.6) is 0 Å². The van der Waals surface area contributed by atoms with E-state index in [0.717, 1.165) is 65.3 Å². The Hall–Kier alpha value is -2.82. The number of rotatable bonds is 16. The van der Waals surface area contributed by atoms with Gasteiger partial charge in [0.2, 0.25) is 0 Å². The number of methoxy groups -OCH3 is 1. The van der Waals surface area contributed by atoms with E-state index in [9.17, 15) is 13.2 Å². The number of allylic oxidation sites excluding steroid dienone is 2. The molecule has 0 spiro atoms. The van der Waals surface area contributed by atoms with Crippen LogP contribution in [0.4, 0.5) is 0 Å². The zero-order chi connectivity index (χ0) is 40.0. The number of nitrogens with zero attached hydrogens (tertiary/aromatic N) is 4. The molecule has 0 N–H and O–H groups in total. The molecule has 2 aliphatic heterocycles. The summed E-state index contributed by atoms with van der Waals surface area (Å²) in [4.78, 5) is 22.6. The topological polar surface area (TPSA) is 73.4 Å². The highest BCUT2D eigenvalue weighted by Crippen LogP contribution is 2.56. The minimum absolute atomic E-state index is 0.0820. The normalized spacial score (nSPS) is 26.8. The number of benzene rings is 2. The van der Waals surface area contributed by atoms with Gasteiger partial charge >= 0.3 is 5.97 Å². The molecule has 1 saturated heterocycles. The maximum atomic E-state index is 12.2. The first-order valence-corrected chi connectivity index (χ1v) is 23.4. The van der Waals surface area contributed by atoms with Crippen LogP contribution in [0, 0.1) is 10.8 Å². The van der Waals surface area contributed by atoms with E-state index in [4.69, 9.17) is 4.74 Å². The van der Waals surface area contributed by atoms with Gasteiger partial charge in [-0.25, -0.2) is 13.2 Å². The number of ether oxygens (including phenoxy) is 1. The number of fused-ring (bicyclic) bond motifs is 1. The first kappa shape index (κ1) is 42.8. The van der Waals surface area contributed by atoms with E-state index in [1.54, 1.807) is 5.57 Å². The molecular weight excluding hydrogens is 717 g/mol. The summed E-state index contributed by atoms with van der Waals surface area (Å²) in [5.41, 5.74) is 6.21. The van der Waals surface area contributed by atoms with Crippen molar-refractivity contribution in [1.29, 1.82) is 0 Å². The molecule has 0 unspecified atom stereocenters. The van der Waals surface area contributed by atoms with Gasteiger partial charge in [-0.1, -0.05) is 94.8 Å². The Balaban J connectivity index is 1.16. The summed E-state index contributed by atoms with van der Waals surface area (Å²) in [7, 11) is -1.46. The van der Waals surface area contributed by atoms with Crippen molar-refractivity contribution in [2.45, 2.75) is 91.0 Å². The third-order valence-corrected chi connectivity index (χ3v) is 15.4. The summed E-state index contributed by atoms with van der Waals surface area (Å²) in [6, 6.07) is 19.8. The molecule has 1 saturated carbocycles. The lowest BCUT2D eigenvalue weighted by Crippen LogP contribution is -2.53. The van der Waals surface area contributed by atoms with Crippen LogP contribution in [-0.2, 0) is 20.0 Å². The van der Waals surface area contributed by atoms with Crippen LogP contribution in [-0.4, -0.2) is 131 Å². The predicted octanol–water partition coefficient (Wildman–Crippen LogP) is 7.57. The molecular formula is C47H70N4O4S. The minimum Gasteiger partial charge on any atom is -0.465 e. The maximum absolute atomic E-state index is 12.2. The molecule has 2 aromatic carbocycles. The second kappa shape index (κ2) is 18.4. The number of sulfone groups is 1. The molecule has 1 atom stereocenters. The van der Waals surface area contributed by atoms with Gasteiger partial charge in [0, 0.05) is 81.2 Å². The zero-order valence-electron chi connectivity index (χ0n) is 35.4. The minimum atomic E-state index is -2.89. The number of carbonyl (C=O) groups excluding carboxylic acids is 1. The first-order valence-electron chi connectivity index (χ1n) is 21.6. The number of carbonyl (C=O) groups is 1. The molecule has 0 amide bonds. The molecule has 0 aromatic heterocycles. The van der Waals surface area contributed by atoms with Crippen LogP contribution in [0.1, 0.15) is 101 Å². The van der Waals surface area contributed by atoms with Crippen molar-refractivity contribution in [3.63, 3.8) is 0 Å². The van der Waals surface area contributed by atoms with Crippen molar-refractivity contribution in [2.75, 3.05) is 90.6 Å². The second-order valence-electron chi connectivity index (χ2n) is 18.1. The average molecular weight is 787 g/mol. The van der Waals surface area contributed by atoms with E-state index < -0.39 is 9.84 Å². The van der Waals surface area contributed by atoms with E-state index in [2.05, 4.69) is 109 Å². The Morgan fingerprint density at radius 3 is 2.11 bits per heavy atom. The SMILES string of the molecule is CCCN(CCC)CCN(CCN1CCS(=O)(=O)CC1)CC1(c2ccccc2)CCC(N2CC=C3C(C)(C)C(c4ccc(C(=O)OC)cc4)=CC[C@]3(C)C2)CC1. The fourth-order valence-corrected chi connectivity index (χ4v) is 12.0. The highest BCUT2D eigenvalue weighted by Gasteiger charge is 2.48. The van der Waals surface area contributed by atoms with Crippen molar-refractivity contribution < 1.29 is 17.9 Å². The lowest BCUT2D eigenvalue weighted by atomic mass is 9.58. The van der Waals surface area contributed by atoms with Gasteiger partial charge in [-0.3, -0.25) is 9.80 Å². The van der Waals surface area contributed by atoms with Crippen LogP contribution >= 0.6 is 0 Å². The Kier molecular flexibility index (Phi) is 14.1. The van der Waals surface area contributed by atoms with Gasteiger partial charge in [0.15, 0.2) is 9.84 Å². The van der Waals surface area contributed by atoms with E-state index in [-0.39, 0.29) is 33.7 Å².